The highest BCUT2D eigenvalue weighted by atomic mass is 16.6. The molecule has 1 amide bonds. The molecule has 0 atom stereocenters. The molecule has 0 spiro atoms. The molecule has 1 aromatic carbocycles. The van der Waals surface area contributed by atoms with Crippen LogP contribution >= 0.6 is 0 Å². The summed E-state index contributed by atoms with van der Waals surface area (Å²) in [5.74, 6) is 1.61. The van der Waals surface area contributed by atoms with E-state index in [9.17, 15) is 4.79 Å². The fraction of sp³-hybridized carbons (Fsp3) is 0.421. The molecule has 148 valence electrons. The van der Waals surface area contributed by atoms with Crippen molar-refractivity contribution < 1.29 is 19.0 Å². The number of hydrogen-bond acceptors (Lipinski definition) is 8. The molecule has 0 radical (unpaired) electrons. The average molecular weight is 385 g/mol. The monoisotopic (exact) mass is 385 g/mol. The molecular formula is C19H23N5O4. The summed E-state index contributed by atoms with van der Waals surface area (Å²) in [5.41, 5.74) is 0.859. The Balaban J connectivity index is 1.28. The molecule has 0 bridgehead atoms. The van der Waals surface area contributed by atoms with Gasteiger partial charge in [-0.3, -0.25) is 9.69 Å². The summed E-state index contributed by atoms with van der Waals surface area (Å²) < 4.78 is 16.3. The van der Waals surface area contributed by atoms with E-state index in [1.165, 1.54) is 6.20 Å². The summed E-state index contributed by atoms with van der Waals surface area (Å²) in [5, 5.41) is 6.02. The van der Waals surface area contributed by atoms with Crippen molar-refractivity contribution in [3.05, 3.63) is 36.3 Å². The van der Waals surface area contributed by atoms with Crippen molar-refractivity contribution in [1.82, 2.24) is 14.9 Å². The van der Waals surface area contributed by atoms with Gasteiger partial charge in [0.1, 0.15) is 24.7 Å². The zero-order valence-corrected chi connectivity index (χ0v) is 15.5. The molecule has 1 saturated heterocycles. The van der Waals surface area contributed by atoms with Crippen LogP contribution in [0.5, 0.6) is 11.5 Å². The molecule has 1 fully saturated rings. The normalized spacial score (nSPS) is 16.4. The van der Waals surface area contributed by atoms with Crippen molar-refractivity contribution >= 4 is 17.4 Å². The Morgan fingerprint density at radius 2 is 1.86 bits per heavy atom. The van der Waals surface area contributed by atoms with Crippen LogP contribution in [0.2, 0.25) is 0 Å². The van der Waals surface area contributed by atoms with E-state index in [0.29, 0.717) is 36.2 Å². The fourth-order valence-corrected chi connectivity index (χ4v) is 3.02. The van der Waals surface area contributed by atoms with E-state index >= 15 is 0 Å². The van der Waals surface area contributed by atoms with Crippen LogP contribution in [0, 0.1) is 0 Å². The van der Waals surface area contributed by atoms with Crippen LogP contribution in [0.3, 0.4) is 0 Å². The van der Waals surface area contributed by atoms with E-state index < -0.39 is 0 Å². The zero-order chi connectivity index (χ0) is 19.2. The lowest BCUT2D eigenvalue weighted by Crippen LogP contribution is -2.39. The highest BCUT2D eigenvalue weighted by Crippen LogP contribution is 2.32. The number of aromatic nitrogens is 2. The molecule has 1 aromatic heterocycles. The van der Waals surface area contributed by atoms with Crippen LogP contribution in [0.1, 0.15) is 10.5 Å². The molecule has 4 rings (SSSR count). The van der Waals surface area contributed by atoms with Gasteiger partial charge in [-0.05, 0) is 12.1 Å². The van der Waals surface area contributed by atoms with Crippen LogP contribution in [0.4, 0.5) is 11.5 Å². The minimum Gasteiger partial charge on any atom is -0.486 e. The van der Waals surface area contributed by atoms with Crippen molar-refractivity contribution in [1.29, 1.82) is 0 Å². The highest BCUT2D eigenvalue weighted by Gasteiger charge is 2.14. The predicted octanol–water partition coefficient (Wildman–Crippen LogP) is 1.24. The van der Waals surface area contributed by atoms with Gasteiger partial charge in [0.05, 0.1) is 25.6 Å². The largest absolute Gasteiger partial charge is 0.486 e. The summed E-state index contributed by atoms with van der Waals surface area (Å²) in [7, 11) is 0. The van der Waals surface area contributed by atoms with Crippen molar-refractivity contribution in [2.45, 2.75) is 0 Å². The number of anilines is 2. The Morgan fingerprint density at radius 3 is 2.64 bits per heavy atom. The molecule has 2 aliphatic heterocycles. The smallest absolute Gasteiger partial charge is 0.275 e. The average Bonchev–Trinajstić information content (AvgIpc) is 2.75. The minimum atomic E-state index is -0.330. The van der Waals surface area contributed by atoms with Crippen LogP contribution in [-0.2, 0) is 4.74 Å². The molecule has 2 N–H and O–H groups in total. The van der Waals surface area contributed by atoms with Gasteiger partial charge in [0, 0.05) is 37.9 Å². The number of rotatable bonds is 6. The second kappa shape index (κ2) is 8.85. The van der Waals surface area contributed by atoms with Crippen molar-refractivity contribution in [3.63, 3.8) is 0 Å². The third-order valence-electron chi connectivity index (χ3n) is 4.52. The van der Waals surface area contributed by atoms with Gasteiger partial charge in [-0.15, -0.1) is 0 Å². The number of carbonyl (C=O) groups excluding carboxylic acids is 1. The van der Waals surface area contributed by atoms with Crippen LogP contribution in [0.15, 0.2) is 30.6 Å². The number of ether oxygens (including phenoxy) is 3. The van der Waals surface area contributed by atoms with E-state index in [2.05, 4.69) is 25.5 Å². The number of nitrogens with zero attached hydrogens (tertiary/aromatic N) is 3. The second-order valence-corrected chi connectivity index (χ2v) is 6.48. The lowest BCUT2D eigenvalue weighted by Gasteiger charge is -2.26. The minimum absolute atomic E-state index is 0.244. The van der Waals surface area contributed by atoms with Crippen molar-refractivity contribution in [2.75, 3.05) is 63.2 Å². The molecule has 0 unspecified atom stereocenters. The molecule has 0 aliphatic carbocycles. The maximum absolute atomic E-state index is 12.4. The third-order valence-corrected chi connectivity index (χ3v) is 4.52. The number of amides is 1. The van der Waals surface area contributed by atoms with E-state index in [4.69, 9.17) is 14.2 Å². The van der Waals surface area contributed by atoms with Gasteiger partial charge < -0.3 is 24.8 Å². The Bertz CT molecular complexity index is 808. The van der Waals surface area contributed by atoms with Crippen molar-refractivity contribution in [3.8, 4) is 11.5 Å². The molecular weight excluding hydrogens is 362 g/mol. The first-order valence-electron chi connectivity index (χ1n) is 9.35. The van der Waals surface area contributed by atoms with Gasteiger partial charge in [-0.1, -0.05) is 0 Å². The fourth-order valence-electron chi connectivity index (χ4n) is 3.02. The lowest BCUT2D eigenvalue weighted by atomic mass is 10.2. The summed E-state index contributed by atoms with van der Waals surface area (Å²) in [6, 6.07) is 5.28. The molecule has 9 heteroatoms. The van der Waals surface area contributed by atoms with E-state index in [-0.39, 0.29) is 11.6 Å². The highest BCUT2D eigenvalue weighted by molar-refractivity contribution is 6.02. The van der Waals surface area contributed by atoms with Gasteiger partial charge in [0.2, 0.25) is 0 Å². The van der Waals surface area contributed by atoms with Gasteiger partial charge in [-0.2, -0.15) is 0 Å². The number of nitrogens with one attached hydrogen (secondary N) is 2. The van der Waals surface area contributed by atoms with Crippen LogP contribution in [0.25, 0.3) is 0 Å². The van der Waals surface area contributed by atoms with E-state index in [1.807, 2.05) is 0 Å². The van der Waals surface area contributed by atoms with Crippen molar-refractivity contribution in [2.24, 2.45) is 0 Å². The van der Waals surface area contributed by atoms with Gasteiger partial charge in [0.15, 0.2) is 11.5 Å². The quantitative estimate of drug-likeness (QED) is 0.767. The molecule has 28 heavy (non-hydrogen) atoms. The zero-order valence-electron chi connectivity index (χ0n) is 15.5. The lowest BCUT2D eigenvalue weighted by molar-refractivity contribution is 0.0398. The first-order valence-corrected chi connectivity index (χ1v) is 9.35. The third kappa shape index (κ3) is 4.68. The Kier molecular flexibility index (Phi) is 5.83. The molecule has 3 heterocycles. The van der Waals surface area contributed by atoms with Crippen LogP contribution in [-0.4, -0.2) is 73.4 Å². The van der Waals surface area contributed by atoms with E-state index in [1.54, 1.807) is 24.4 Å². The molecule has 2 aromatic rings. The molecule has 0 saturated carbocycles. The first-order chi connectivity index (χ1) is 13.8. The van der Waals surface area contributed by atoms with Gasteiger partial charge >= 0.3 is 0 Å². The SMILES string of the molecule is O=C(Nc1ccc2c(c1)OCCO2)c1cnc(NCCN2CCOCC2)cn1. The number of fused-ring (bicyclic) bond motifs is 1. The summed E-state index contributed by atoms with van der Waals surface area (Å²) >= 11 is 0. The van der Waals surface area contributed by atoms with E-state index in [0.717, 1.165) is 39.4 Å². The second-order valence-electron chi connectivity index (χ2n) is 6.48. The Morgan fingerprint density at radius 1 is 1.04 bits per heavy atom. The predicted molar refractivity (Wildman–Crippen MR) is 103 cm³/mol. The van der Waals surface area contributed by atoms with Gasteiger partial charge in [0.25, 0.3) is 5.91 Å². The Hall–Kier alpha value is -2.91. The first kappa shape index (κ1) is 18.5. The molecule has 2 aliphatic rings. The summed E-state index contributed by atoms with van der Waals surface area (Å²) in [6.07, 6.45) is 3.03. The van der Waals surface area contributed by atoms with Gasteiger partial charge in [-0.25, -0.2) is 9.97 Å². The maximum atomic E-state index is 12.4. The summed E-state index contributed by atoms with van der Waals surface area (Å²) in [6.45, 7) is 6.17. The standard InChI is InChI=1S/C19H23N5O4/c25-19(23-14-1-2-16-17(11-14)28-10-9-27-16)15-12-22-18(13-21-15)20-3-4-24-5-7-26-8-6-24/h1-2,11-13H,3-10H2,(H,20,22)(H,23,25). The number of benzene rings is 1. The number of carbonyl (C=O) groups is 1. The number of morpholine rings is 1. The summed E-state index contributed by atoms with van der Waals surface area (Å²) in [4.78, 5) is 23.2. The van der Waals surface area contributed by atoms with Crippen LogP contribution < -0.4 is 20.1 Å². The maximum Gasteiger partial charge on any atom is 0.275 e. The topological polar surface area (TPSA) is 97.8 Å². The molecule has 9 nitrogen and oxygen atoms in total. The number of hydrogen-bond donors (Lipinski definition) is 2. The Labute approximate surface area is 163 Å².